The lowest BCUT2D eigenvalue weighted by molar-refractivity contribution is -0.121. The number of fused-ring (bicyclic) bond motifs is 1. The average Bonchev–Trinajstić information content (AvgIpc) is 3.14. The van der Waals surface area contributed by atoms with E-state index in [0.29, 0.717) is 15.8 Å². The van der Waals surface area contributed by atoms with Crippen LogP contribution < -0.4 is 15.8 Å². The lowest BCUT2D eigenvalue weighted by Gasteiger charge is -2.17. The summed E-state index contributed by atoms with van der Waals surface area (Å²) in [6.45, 7) is 0. The van der Waals surface area contributed by atoms with Crippen LogP contribution in [0.4, 0.5) is 10.8 Å². The summed E-state index contributed by atoms with van der Waals surface area (Å²) in [6, 6.07) is 11.7. The third-order valence-corrected chi connectivity index (χ3v) is 5.43. The summed E-state index contributed by atoms with van der Waals surface area (Å²) in [4.78, 5) is 30.5. The Labute approximate surface area is 162 Å². The quantitative estimate of drug-likeness (QED) is 0.508. The number of para-hydroxylation sites is 1. The first-order valence-electron chi connectivity index (χ1n) is 7.72. The Morgan fingerprint density at radius 2 is 1.96 bits per heavy atom. The molecule has 1 aliphatic heterocycles. The van der Waals surface area contributed by atoms with Crippen LogP contribution in [0.25, 0.3) is 10.2 Å². The maximum atomic E-state index is 12.6. The Balaban J connectivity index is 1.50. The summed E-state index contributed by atoms with van der Waals surface area (Å²) in [6.07, 6.45) is 0.0235. The van der Waals surface area contributed by atoms with Crippen molar-refractivity contribution in [3.8, 4) is 0 Å². The molecule has 1 unspecified atom stereocenters. The van der Waals surface area contributed by atoms with E-state index in [1.807, 2.05) is 24.3 Å². The van der Waals surface area contributed by atoms with Crippen molar-refractivity contribution in [1.82, 2.24) is 10.4 Å². The minimum Gasteiger partial charge on any atom is -0.296 e. The van der Waals surface area contributed by atoms with E-state index >= 15 is 0 Å². The minimum atomic E-state index is -0.707. The Morgan fingerprint density at radius 1 is 1.15 bits per heavy atom. The first-order valence-corrected chi connectivity index (χ1v) is 9.29. The molecule has 1 saturated heterocycles. The van der Waals surface area contributed by atoms with Gasteiger partial charge in [0.1, 0.15) is 6.04 Å². The highest BCUT2D eigenvalue weighted by Crippen LogP contribution is 2.32. The fraction of sp³-hybridized carbons (Fsp3) is 0.118. The van der Waals surface area contributed by atoms with Crippen molar-refractivity contribution >= 4 is 67.4 Å². The summed E-state index contributed by atoms with van der Waals surface area (Å²) in [5, 5.41) is 1.30. The number of amides is 2. The van der Waals surface area contributed by atoms with Gasteiger partial charge in [0.15, 0.2) is 5.13 Å². The number of thiazole rings is 1. The number of imide groups is 1. The third-order valence-electron chi connectivity index (χ3n) is 3.94. The molecule has 1 aromatic heterocycles. The first kappa shape index (κ1) is 17.2. The van der Waals surface area contributed by atoms with Crippen molar-refractivity contribution in [3.63, 3.8) is 0 Å². The molecule has 9 heteroatoms. The highest BCUT2D eigenvalue weighted by atomic mass is 35.5. The van der Waals surface area contributed by atoms with E-state index < -0.39 is 6.04 Å². The molecule has 0 radical (unpaired) electrons. The lowest BCUT2D eigenvalue weighted by Crippen LogP contribution is -2.41. The molecule has 2 amide bonds. The van der Waals surface area contributed by atoms with Gasteiger partial charge in [-0.25, -0.2) is 15.3 Å². The van der Waals surface area contributed by atoms with Gasteiger partial charge in [-0.3, -0.25) is 15.0 Å². The van der Waals surface area contributed by atoms with Crippen LogP contribution >= 0.6 is 34.5 Å². The van der Waals surface area contributed by atoms with Crippen LogP contribution in [0.15, 0.2) is 42.5 Å². The molecule has 2 aromatic carbocycles. The van der Waals surface area contributed by atoms with Crippen LogP contribution in [0.1, 0.15) is 6.42 Å². The normalized spacial score (nSPS) is 17.3. The lowest BCUT2D eigenvalue weighted by atomic mass is 10.2. The summed E-state index contributed by atoms with van der Waals surface area (Å²) >= 11 is 13.5. The van der Waals surface area contributed by atoms with Crippen LogP contribution in [-0.4, -0.2) is 22.8 Å². The number of benzene rings is 2. The number of rotatable bonds is 4. The van der Waals surface area contributed by atoms with Crippen molar-refractivity contribution in [1.29, 1.82) is 0 Å². The molecule has 0 bridgehead atoms. The largest absolute Gasteiger partial charge is 0.296 e. The molecule has 0 saturated carbocycles. The molecule has 1 fully saturated rings. The second-order valence-corrected chi connectivity index (χ2v) is 7.55. The number of carbonyl (C=O) groups excluding carboxylic acids is 2. The van der Waals surface area contributed by atoms with Crippen molar-refractivity contribution < 1.29 is 9.59 Å². The van der Waals surface area contributed by atoms with Gasteiger partial charge >= 0.3 is 0 Å². The first-order chi connectivity index (χ1) is 12.5. The topological polar surface area (TPSA) is 74.3 Å². The molecule has 0 spiro atoms. The molecule has 6 nitrogen and oxygen atoms in total. The minimum absolute atomic E-state index is 0.0235. The highest BCUT2D eigenvalue weighted by molar-refractivity contribution is 7.22. The van der Waals surface area contributed by atoms with Gasteiger partial charge in [0.25, 0.3) is 5.91 Å². The number of nitrogens with zero attached hydrogens (tertiary/aromatic N) is 2. The van der Waals surface area contributed by atoms with Crippen LogP contribution in [0.3, 0.4) is 0 Å². The monoisotopic (exact) mass is 406 g/mol. The van der Waals surface area contributed by atoms with Gasteiger partial charge in [0, 0.05) is 5.02 Å². The predicted octanol–water partition coefficient (Wildman–Crippen LogP) is 3.85. The van der Waals surface area contributed by atoms with Gasteiger partial charge in [0.2, 0.25) is 5.91 Å². The number of anilines is 2. The van der Waals surface area contributed by atoms with Crippen LogP contribution in [0.2, 0.25) is 10.0 Å². The molecular weight excluding hydrogens is 395 g/mol. The molecule has 3 aromatic rings. The Bertz CT molecular complexity index is 990. The number of halogens is 2. The second kappa shape index (κ2) is 6.85. The molecule has 4 rings (SSSR count). The zero-order chi connectivity index (χ0) is 18.3. The molecule has 26 heavy (non-hydrogen) atoms. The van der Waals surface area contributed by atoms with Crippen molar-refractivity contribution in [3.05, 3.63) is 52.5 Å². The Kier molecular flexibility index (Phi) is 4.54. The smallest absolute Gasteiger partial charge is 0.253 e. The maximum absolute atomic E-state index is 12.6. The fourth-order valence-corrected chi connectivity index (χ4v) is 4.06. The van der Waals surface area contributed by atoms with Gasteiger partial charge in [-0.05, 0) is 30.3 Å². The molecule has 0 aliphatic carbocycles. The summed E-state index contributed by atoms with van der Waals surface area (Å²) < 4.78 is 1.03. The van der Waals surface area contributed by atoms with E-state index in [1.54, 1.807) is 12.1 Å². The molecule has 1 atom stereocenters. The summed E-state index contributed by atoms with van der Waals surface area (Å²) in [5.41, 5.74) is 7.01. The van der Waals surface area contributed by atoms with E-state index in [4.69, 9.17) is 23.2 Å². The molecular formula is C17H12Cl2N4O2S. The van der Waals surface area contributed by atoms with Crippen LogP contribution in [0, 0.1) is 0 Å². The van der Waals surface area contributed by atoms with Gasteiger partial charge in [-0.2, -0.15) is 0 Å². The number of hydrogen-bond donors (Lipinski definition) is 2. The maximum Gasteiger partial charge on any atom is 0.253 e. The molecule has 2 N–H and O–H groups in total. The van der Waals surface area contributed by atoms with Crippen LogP contribution in [-0.2, 0) is 9.59 Å². The van der Waals surface area contributed by atoms with Crippen molar-refractivity contribution in [2.24, 2.45) is 0 Å². The second-order valence-electron chi connectivity index (χ2n) is 5.68. The average molecular weight is 407 g/mol. The van der Waals surface area contributed by atoms with Crippen LogP contribution in [0.5, 0.6) is 0 Å². The zero-order valence-electron chi connectivity index (χ0n) is 13.2. The van der Waals surface area contributed by atoms with Gasteiger partial charge < -0.3 is 0 Å². The number of hydrogen-bond acceptors (Lipinski definition) is 6. The van der Waals surface area contributed by atoms with E-state index in [0.717, 1.165) is 15.1 Å². The van der Waals surface area contributed by atoms with Gasteiger partial charge in [-0.15, -0.1) is 0 Å². The molecule has 132 valence electrons. The third kappa shape index (κ3) is 3.14. The number of carbonyl (C=O) groups is 2. The zero-order valence-corrected chi connectivity index (χ0v) is 15.5. The van der Waals surface area contributed by atoms with Gasteiger partial charge in [-0.1, -0.05) is 46.7 Å². The Hall–Kier alpha value is -2.19. The Morgan fingerprint density at radius 3 is 2.73 bits per heavy atom. The number of hydrazine groups is 1. The van der Waals surface area contributed by atoms with E-state index in [2.05, 4.69) is 15.8 Å². The summed E-state index contributed by atoms with van der Waals surface area (Å²) in [7, 11) is 0. The van der Waals surface area contributed by atoms with E-state index in [1.165, 1.54) is 17.4 Å². The standard InChI is InChI=1S/C17H12Cl2N4O2S/c18-9-5-6-13(10(19)7-9)23-15(24)8-12(16(23)25)21-22-17-20-11-3-1-2-4-14(11)26-17/h1-7,12,21H,8H2,(H,20,22). The fourth-order valence-electron chi connectivity index (χ4n) is 2.73. The van der Waals surface area contributed by atoms with E-state index in [9.17, 15) is 9.59 Å². The van der Waals surface area contributed by atoms with Gasteiger partial charge in [0.05, 0.1) is 27.3 Å². The van der Waals surface area contributed by atoms with E-state index in [-0.39, 0.29) is 23.3 Å². The van der Waals surface area contributed by atoms with Crippen molar-refractivity contribution in [2.75, 3.05) is 10.3 Å². The highest BCUT2D eigenvalue weighted by Gasteiger charge is 2.40. The SMILES string of the molecule is O=C1CC(NNc2nc3ccccc3s2)C(=O)N1c1ccc(Cl)cc1Cl. The molecule has 1 aliphatic rings. The molecule has 2 heterocycles. The number of nitrogens with one attached hydrogen (secondary N) is 2. The number of aromatic nitrogens is 1. The van der Waals surface area contributed by atoms with Crippen molar-refractivity contribution in [2.45, 2.75) is 12.5 Å². The predicted molar refractivity (Wildman–Crippen MR) is 104 cm³/mol. The summed E-state index contributed by atoms with van der Waals surface area (Å²) in [5.74, 6) is -0.712.